The van der Waals surface area contributed by atoms with Gasteiger partial charge < -0.3 is 14.2 Å². The van der Waals surface area contributed by atoms with Crippen molar-refractivity contribution < 1.29 is 28.6 Å². The predicted octanol–water partition coefficient (Wildman–Crippen LogP) is 20.9. The SMILES string of the molecule is CCC/C=C\CCCCCCCC(=O)OC(COC(=O)CCCCCCCCCCC)COC(=O)CCCCCCCCCCCCCCCCCCCCCCCCCCCCCCCCCC. The Hall–Kier alpha value is -1.85. The highest BCUT2D eigenvalue weighted by molar-refractivity contribution is 5.71. The summed E-state index contributed by atoms with van der Waals surface area (Å²) in [7, 11) is 0. The van der Waals surface area contributed by atoms with Crippen LogP contribution in [0.25, 0.3) is 0 Å². The third-order valence-corrected chi connectivity index (χ3v) is 14.3. The molecule has 0 fully saturated rings. The summed E-state index contributed by atoms with van der Waals surface area (Å²) >= 11 is 0. The molecule has 0 aromatic rings. The summed E-state index contributed by atoms with van der Waals surface area (Å²) in [6.07, 6.45) is 68.4. The van der Waals surface area contributed by atoms with Crippen LogP contribution in [0.3, 0.4) is 0 Å². The summed E-state index contributed by atoms with van der Waals surface area (Å²) in [4.78, 5) is 37.9. The Balaban J connectivity index is 3.90. The van der Waals surface area contributed by atoms with E-state index in [0.717, 1.165) is 70.6 Å². The first-order valence-corrected chi connectivity index (χ1v) is 31.2. The first-order chi connectivity index (χ1) is 34.0. The van der Waals surface area contributed by atoms with Gasteiger partial charge in [0.25, 0.3) is 0 Å². The van der Waals surface area contributed by atoms with Crippen molar-refractivity contribution in [1.29, 1.82) is 0 Å². The molecule has 0 heterocycles. The molecule has 6 heteroatoms. The van der Waals surface area contributed by atoms with Crippen molar-refractivity contribution in [2.75, 3.05) is 13.2 Å². The van der Waals surface area contributed by atoms with Gasteiger partial charge in [0.2, 0.25) is 0 Å². The molecule has 0 spiro atoms. The van der Waals surface area contributed by atoms with E-state index in [4.69, 9.17) is 14.2 Å². The van der Waals surface area contributed by atoms with E-state index in [1.165, 1.54) is 244 Å². The lowest BCUT2D eigenvalue weighted by Crippen LogP contribution is -2.30. The molecule has 0 saturated carbocycles. The Morgan fingerprint density at radius 1 is 0.275 bits per heavy atom. The van der Waals surface area contributed by atoms with E-state index >= 15 is 0 Å². The molecule has 0 rings (SSSR count). The zero-order chi connectivity index (χ0) is 50.0. The van der Waals surface area contributed by atoms with E-state index in [1.54, 1.807) is 0 Å². The highest BCUT2D eigenvalue weighted by atomic mass is 16.6. The van der Waals surface area contributed by atoms with Crippen LogP contribution in [0, 0.1) is 0 Å². The summed E-state index contributed by atoms with van der Waals surface area (Å²) < 4.78 is 16.8. The maximum atomic E-state index is 12.7. The lowest BCUT2D eigenvalue weighted by molar-refractivity contribution is -0.167. The van der Waals surface area contributed by atoms with Gasteiger partial charge in [-0.25, -0.2) is 0 Å². The fourth-order valence-corrected chi connectivity index (χ4v) is 9.57. The van der Waals surface area contributed by atoms with Crippen molar-refractivity contribution in [1.82, 2.24) is 0 Å². The number of rotatable bonds is 58. The summed E-state index contributed by atoms with van der Waals surface area (Å²) in [6.45, 7) is 6.60. The number of unbranched alkanes of at least 4 members (excludes halogenated alkanes) is 45. The molecule has 0 saturated heterocycles. The predicted molar refractivity (Wildman–Crippen MR) is 298 cm³/mol. The van der Waals surface area contributed by atoms with E-state index in [0.29, 0.717) is 19.3 Å². The summed E-state index contributed by atoms with van der Waals surface area (Å²) in [5.41, 5.74) is 0. The minimum Gasteiger partial charge on any atom is -0.462 e. The van der Waals surface area contributed by atoms with Crippen LogP contribution in [0.4, 0.5) is 0 Å². The fraction of sp³-hybridized carbons (Fsp3) is 0.921. The molecule has 69 heavy (non-hydrogen) atoms. The first kappa shape index (κ1) is 67.1. The molecule has 0 radical (unpaired) electrons. The fourth-order valence-electron chi connectivity index (χ4n) is 9.57. The van der Waals surface area contributed by atoms with Gasteiger partial charge in [-0.2, -0.15) is 0 Å². The van der Waals surface area contributed by atoms with Crippen LogP contribution in [0.5, 0.6) is 0 Å². The number of hydrogen-bond acceptors (Lipinski definition) is 6. The zero-order valence-corrected chi connectivity index (χ0v) is 46.9. The molecular formula is C63H120O6. The Kier molecular flexibility index (Phi) is 57.1. The minimum absolute atomic E-state index is 0.0684. The first-order valence-electron chi connectivity index (χ1n) is 31.2. The minimum atomic E-state index is -0.767. The van der Waals surface area contributed by atoms with Crippen molar-refractivity contribution in [3.63, 3.8) is 0 Å². The van der Waals surface area contributed by atoms with Crippen LogP contribution in [0.15, 0.2) is 12.2 Å². The Morgan fingerprint density at radius 2 is 0.507 bits per heavy atom. The van der Waals surface area contributed by atoms with Crippen molar-refractivity contribution >= 4 is 17.9 Å². The van der Waals surface area contributed by atoms with Gasteiger partial charge in [-0.05, 0) is 38.5 Å². The lowest BCUT2D eigenvalue weighted by atomic mass is 10.0. The van der Waals surface area contributed by atoms with Gasteiger partial charge in [0.1, 0.15) is 13.2 Å². The number of esters is 3. The van der Waals surface area contributed by atoms with Crippen LogP contribution >= 0.6 is 0 Å². The van der Waals surface area contributed by atoms with Crippen LogP contribution < -0.4 is 0 Å². The smallest absolute Gasteiger partial charge is 0.306 e. The molecular weight excluding hydrogens is 853 g/mol. The van der Waals surface area contributed by atoms with Crippen molar-refractivity contribution in [2.24, 2.45) is 0 Å². The Morgan fingerprint density at radius 3 is 0.783 bits per heavy atom. The monoisotopic (exact) mass is 973 g/mol. The maximum Gasteiger partial charge on any atom is 0.306 e. The van der Waals surface area contributed by atoms with E-state index in [9.17, 15) is 14.4 Å². The van der Waals surface area contributed by atoms with Crippen molar-refractivity contribution in [2.45, 2.75) is 361 Å². The third-order valence-electron chi connectivity index (χ3n) is 14.3. The van der Waals surface area contributed by atoms with Crippen LogP contribution in [0.1, 0.15) is 355 Å². The van der Waals surface area contributed by atoms with Gasteiger partial charge in [0.05, 0.1) is 0 Å². The molecule has 0 aromatic carbocycles. The van der Waals surface area contributed by atoms with Gasteiger partial charge in [-0.15, -0.1) is 0 Å². The van der Waals surface area contributed by atoms with Gasteiger partial charge >= 0.3 is 17.9 Å². The van der Waals surface area contributed by atoms with Gasteiger partial charge in [-0.3, -0.25) is 14.4 Å². The van der Waals surface area contributed by atoms with Crippen molar-refractivity contribution in [3.8, 4) is 0 Å². The van der Waals surface area contributed by atoms with E-state index in [1.807, 2.05) is 0 Å². The summed E-state index contributed by atoms with van der Waals surface area (Å²) in [5.74, 6) is -0.863. The van der Waals surface area contributed by atoms with Crippen LogP contribution in [-0.2, 0) is 28.6 Å². The largest absolute Gasteiger partial charge is 0.462 e. The normalized spacial score (nSPS) is 12.0. The van der Waals surface area contributed by atoms with Crippen LogP contribution in [-0.4, -0.2) is 37.2 Å². The molecule has 0 aliphatic heterocycles. The summed E-state index contributed by atoms with van der Waals surface area (Å²) in [6, 6.07) is 0. The average molecular weight is 974 g/mol. The van der Waals surface area contributed by atoms with E-state index < -0.39 is 6.10 Å². The Labute approximate surface area is 431 Å². The molecule has 1 unspecified atom stereocenters. The highest BCUT2D eigenvalue weighted by Gasteiger charge is 2.19. The number of carbonyl (C=O) groups is 3. The molecule has 0 aromatic heterocycles. The highest BCUT2D eigenvalue weighted by Crippen LogP contribution is 2.18. The molecule has 1 atom stereocenters. The van der Waals surface area contributed by atoms with Gasteiger partial charge in [0.15, 0.2) is 6.10 Å². The second-order valence-corrected chi connectivity index (χ2v) is 21.3. The Bertz CT molecular complexity index is 1070. The quantitative estimate of drug-likeness (QED) is 0.0261. The lowest BCUT2D eigenvalue weighted by Gasteiger charge is -2.18. The topological polar surface area (TPSA) is 78.9 Å². The molecule has 6 nitrogen and oxygen atoms in total. The molecule has 0 amide bonds. The molecule has 0 bridgehead atoms. The van der Waals surface area contributed by atoms with Gasteiger partial charge in [0, 0.05) is 19.3 Å². The standard InChI is InChI=1S/C63H120O6/c1-4-7-10-13-16-19-21-22-23-24-25-26-27-28-29-30-31-32-33-34-35-36-37-38-39-40-41-42-45-47-50-53-56-62(65)68-59-60(58-67-61(64)55-52-49-46-43-18-15-12-9-6-3)69-63(66)57-54-51-48-44-20-17-14-11-8-5-2/h11,14,60H,4-10,12-13,15-59H2,1-3H3/b14-11-. The average Bonchev–Trinajstić information content (AvgIpc) is 3.35. The number of carbonyl (C=O) groups excluding carboxylic acids is 3. The maximum absolute atomic E-state index is 12.7. The van der Waals surface area contributed by atoms with Crippen molar-refractivity contribution in [3.05, 3.63) is 12.2 Å². The van der Waals surface area contributed by atoms with E-state index in [2.05, 4.69) is 32.9 Å². The zero-order valence-electron chi connectivity index (χ0n) is 46.9. The number of hydrogen-bond donors (Lipinski definition) is 0. The second kappa shape index (κ2) is 58.7. The van der Waals surface area contributed by atoms with E-state index in [-0.39, 0.29) is 31.1 Å². The number of ether oxygens (including phenoxy) is 3. The van der Waals surface area contributed by atoms with Gasteiger partial charge in [-0.1, -0.05) is 309 Å². The molecule has 0 aliphatic carbocycles. The number of allylic oxidation sites excluding steroid dienone is 2. The van der Waals surface area contributed by atoms with Crippen LogP contribution in [0.2, 0.25) is 0 Å². The molecule has 0 N–H and O–H groups in total. The second-order valence-electron chi connectivity index (χ2n) is 21.3. The third kappa shape index (κ3) is 56.9. The molecule has 0 aliphatic rings. The molecule has 408 valence electrons. The summed E-state index contributed by atoms with van der Waals surface area (Å²) in [5, 5.41) is 0.